The number of allylic oxidation sites excluding steroid dienone is 5. The lowest BCUT2D eigenvalue weighted by Crippen LogP contribution is -2.10. The van der Waals surface area contributed by atoms with Gasteiger partial charge in [0.15, 0.2) is 5.78 Å². The molecule has 0 aromatic heterocycles. The Hall–Kier alpha value is -2.09. The summed E-state index contributed by atoms with van der Waals surface area (Å²) in [5.41, 5.74) is 4.83. The van der Waals surface area contributed by atoms with E-state index in [1.807, 2.05) is 38.1 Å². The van der Waals surface area contributed by atoms with Crippen molar-refractivity contribution in [2.45, 2.75) is 67.2 Å². The van der Waals surface area contributed by atoms with E-state index < -0.39 is 0 Å². The summed E-state index contributed by atoms with van der Waals surface area (Å²) in [5, 5.41) is 0. The van der Waals surface area contributed by atoms with Crippen molar-refractivity contribution in [2.75, 3.05) is 6.61 Å². The van der Waals surface area contributed by atoms with E-state index in [0.717, 1.165) is 25.7 Å². The van der Waals surface area contributed by atoms with Crippen molar-refractivity contribution in [2.24, 2.45) is 5.92 Å². The van der Waals surface area contributed by atoms with Gasteiger partial charge in [0, 0.05) is 5.92 Å². The molecule has 27 heavy (non-hydrogen) atoms. The molecular weight excluding hydrogens is 332 g/mol. The fourth-order valence-electron chi connectivity index (χ4n) is 2.72. The molecule has 0 aliphatic heterocycles. The summed E-state index contributed by atoms with van der Waals surface area (Å²) >= 11 is 0. The van der Waals surface area contributed by atoms with Gasteiger partial charge >= 0.3 is 0 Å². The van der Waals surface area contributed by atoms with Gasteiger partial charge in [0.2, 0.25) is 0 Å². The van der Waals surface area contributed by atoms with Crippen LogP contribution in [-0.2, 0) is 0 Å². The van der Waals surface area contributed by atoms with Gasteiger partial charge in [-0.3, -0.25) is 4.79 Å². The van der Waals surface area contributed by atoms with Crippen LogP contribution in [0.25, 0.3) is 0 Å². The molecule has 0 N–H and O–H groups in total. The zero-order valence-corrected chi connectivity index (χ0v) is 18.0. The summed E-state index contributed by atoms with van der Waals surface area (Å²) in [6, 6.07) is 7.51. The van der Waals surface area contributed by atoms with Gasteiger partial charge in [0.25, 0.3) is 0 Å². The molecule has 0 amide bonds. The van der Waals surface area contributed by atoms with Crippen LogP contribution in [0.4, 0.5) is 0 Å². The van der Waals surface area contributed by atoms with Gasteiger partial charge in [-0.05, 0) is 71.6 Å². The number of Topliss-reactive ketones (excluding diaryl/α,β-unsaturated/α-hetero) is 1. The Kier molecular flexibility index (Phi) is 10.5. The highest BCUT2D eigenvalue weighted by atomic mass is 16.5. The van der Waals surface area contributed by atoms with E-state index in [0.29, 0.717) is 17.9 Å². The monoisotopic (exact) mass is 368 g/mol. The highest BCUT2D eigenvalue weighted by molar-refractivity contribution is 5.99. The van der Waals surface area contributed by atoms with E-state index >= 15 is 0 Å². The van der Waals surface area contributed by atoms with Gasteiger partial charge < -0.3 is 4.74 Å². The van der Waals surface area contributed by atoms with E-state index in [-0.39, 0.29) is 11.7 Å². The first-order chi connectivity index (χ1) is 12.8. The topological polar surface area (TPSA) is 26.3 Å². The number of benzene rings is 1. The van der Waals surface area contributed by atoms with E-state index in [1.54, 1.807) is 0 Å². The molecule has 0 aliphatic carbocycles. The summed E-state index contributed by atoms with van der Waals surface area (Å²) in [5.74, 6) is 0.772. The zero-order valence-electron chi connectivity index (χ0n) is 18.0. The van der Waals surface area contributed by atoms with Gasteiger partial charge in [0.05, 0.1) is 5.56 Å². The molecule has 0 spiro atoms. The maximum Gasteiger partial charge on any atom is 0.169 e. The number of carbonyl (C=O) groups is 1. The molecule has 2 heteroatoms. The number of ketones is 1. The first kappa shape index (κ1) is 23.0. The number of hydrogen-bond donors (Lipinski definition) is 0. The Morgan fingerprint density at radius 2 is 1.52 bits per heavy atom. The highest BCUT2D eigenvalue weighted by Gasteiger charge is 2.14. The van der Waals surface area contributed by atoms with Crippen molar-refractivity contribution in [3.8, 4) is 5.75 Å². The molecular formula is C25H36O2. The Bertz CT molecular complexity index is 686. The van der Waals surface area contributed by atoms with E-state index in [4.69, 9.17) is 4.74 Å². The van der Waals surface area contributed by atoms with Gasteiger partial charge in [-0.2, -0.15) is 0 Å². The van der Waals surface area contributed by atoms with Gasteiger partial charge in [-0.1, -0.05) is 54.9 Å². The van der Waals surface area contributed by atoms with Crippen molar-refractivity contribution in [3.05, 3.63) is 64.8 Å². The zero-order chi connectivity index (χ0) is 20.2. The number of para-hydroxylation sites is 1. The summed E-state index contributed by atoms with van der Waals surface area (Å²) in [6.45, 7) is 13.0. The standard InChI is InChI=1S/C25H36O2/c1-19(2)11-9-12-21(5)13-10-14-22(6)17-18-27-24-16-8-7-15-23(24)25(26)20(3)4/h7-8,11,13,15-17,20H,9-10,12,14,18H2,1-6H3/b21-13+,22-17+. The van der Waals surface area contributed by atoms with Crippen LogP contribution in [-0.4, -0.2) is 12.4 Å². The molecule has 0 bridgehead atoms. The van der Waals surface area contributed by atoms with Crippen molar-refractivity contribution >= 4 is 5.78 Å². The Morgan fingerprint density at radius 1 is 0.926 bits per heavy atom. The van der Waals surface area contributed by atoms with Gasteiger partial charge in [-0.25, -0.2) is 0 Å². The first-order valence-electron chi connectivity index (χ1n) is 10.0. The molecule has 148 valence electrons. The lowest BCUT2D eigenvalue weighted by molar-refractivity contribution is 0.0936. The molecule has 2 nitrogen and oxygen atoms in total. The van der Waals surface area contributed by atoms with E-state index in [9.17, 15) is 4.79 Å². The molecule has 0 heterocycles. The molecule has 0 fully saturated rings. The van der Waals surface area contributed by atoms with Crippen LogP contribution in [0.2, 0.25) is 0 Å². The van der Waals surface area contributed by atoms with Gasteiger partial charge in [0.1, 0.15) is 12.4 Å². The third-order valence-electron chi connectivity index (χ3n) is 4.47. The van der Waals surface area contributed by atoms with Crippen LogP contribution in [0.3, 0.4) is 0 Å². The Labute approximate surface area is 166 Å². The third-order valence-corrected chi connectivity index (χ3v) is 4.47. The maximum atomic E-state index is 12.3. The normalized spacial score (nSPS) is 12.3. The van der Waals surface area contributed by atoms with Crippen LogP contribution >= 0.6 is 0 Å². The van der Waals surface area contributed by atoms with Crippen molar-refractivity contribution in [3.63, 3.8) is 0 Å². The number of hydrogen-bond acceptors (Lipinski definition) is 2. The molecule has 0 atom stereocenters. The van der Waals surface area contributed by atoms with Crippen LogP contribution in [0.1, 0.15) is 77.6 Å². The molecule has 1 aromatic rings. The molecule has 1 aromatic carbocycles. The smallest absolute Gasteiger partial charge is 0.169 e. The van der Waals surface area contributed by atoms with Crippen LogP contribution < -0.4 is 4.74 Å². The summed E-state index contributed by atoms with van der Waals surface area (Å²) in [6.07, 6.45) is 11.1. The van der Waals surface area contributed by atoms with Crippen molar-refractivity contribution < 1.29 is 9.53 Å². The largest absolute Gasteiger partial charge is 0.489 e. The summed E-state index contributed by atoms with van der Waals surface area (Å²) < 4.78 is 5.86. The second kappa shape index (κ2) is 12.3. The van der Waals surface area contributed by atoms with Crippen LogP contribution in [0.5, 0.6) is 5.75 Å². The van der Waals surface area contributed by atoms with Crippen LogP contribution in [0, 0.1) is 5.92 Å². The van der Waals surface area contributed by atoms with Crippen molar-refractivity contribution in [1.29, 1.82) is 0 Å². The number of rotatable bonds is 11. The molecule has 0 aliphatic rings. The number of carbonyl (C=O) groups excluding carboxylic acids is 1. The minimum Gasteiger partial charge on any atom is -0.489 e. The highest BCUT2D eigenvalue weighted by Crippen LogP contribution is 2.21. The second-order valence-electron chi connectivity index (χ2n) is 7.79. The lowest BCUT2D eigenvalue weighted by atomic mass is 10.0. The molecule has 0 saturated carbocycles. The molecule has 0 saturated heterocycles. The molecule has 1 rings (SSSR count). The SMILES string of the molecule is CC(C)=CCC/C(C)=C/CC/C(C)=C/COc1ccccc1C(=O)C(C)C. The Morgan fingerprint density at radius 3 is 2.15 bits per heavy atom. The summed E-state index contributed by atoms with van der Waals surface area (Å²) in [4.78, 5) is 12.3. The number of ether oxygens (including phenoxy) is 1. The predicted molar refractivity (Wildman–Crippen MR) is 117 cm³/mol. The van der Waals surface area contributed by atoms with Gasteiger partial charge in [-0.15, -0.1) is 0 Å². The van der Waals surface area contributed by atoms with Crippen LogP contribution in [0.15, 0.2) is 59.2 Å². The minimum atomic E-state index is -0.0289. The van der Waals surface area contributed by atoms with E-state index in [1.165, 1.54) is 16.7 Å². The fraction of sp³-hybridized carbons (Fsp3) is 0.480. The molecule has 0 radical (unpaired) electrons. The minimum absolute atomic E-state index is 0.0289. The van der Waals surface area contributed by atoms with E-state index in [2.05, 4.69) is 45.9 Å². The Balaban J connectivity index is 2.48. The lowest BCUT2D eigenvalue weighted by Gasteiger charge is -2.11. The average Bonchev–Trinajstić information content (AvgIpc) is 2.61. The third kappa shape index (κ3) is 9.42. The maximum absolute atomic E-state index is 12.3. The fourth-order valence-corrected chi connectivity index (χ4v) is 2.72. The predicted octanol–water partition coefficient (Wildman–Crippen LogP) is 7.32. The average molecular weight is 369 g/mol. The quantitative estimate of drug-likeness (QED) is 0.302. The second-order valence-corrected chi connectivity index (χ2v) is 7.79. The molecule has 0 unspecified atom stereocenters. The summed E-state index contributed by atoms with van der Waals surface area (Å²) in [7, 11) is 0. The van der Waals surface area contributed by atoms with Crippen molar-refractivity contribution in [1.82, 2.24) is 0 Å². The first-order valence-corrected chi connectivity index (χ1v) is 10.0.